The molecule has 1 aliphatic heterocycles. The second-order valence-corrected chi connectivity index (χ2v) is 9.91. The van der Waals surface area contributed by atoms with E-state index in [1.54, 1.807) is 6.07 Å². The van der Waals surface area contributed by atoms with E-state index in [1.807, 2.05) is 22.4 Å². The number of nitrogens with one attached hydrogen (secondary N) is 2. The van der Waals surface area contributed by atoms with E-state index < -0.39 is 0 Å². The maximum absolute atomic E-state index is 13.9. The van der Waals surface area contributed by atoms with Gasteiger partial charge in [0.15, 0.2) is 5.82 Å². The van der Waals surface area contributed by atoms with Gasteiger partial charge >= 0.3 is 6.03 Å². The minimum atomic E-state index is -0.296. The molecule has 1 aromatic carbocycles. The third-order valence-corrected chi connectivity index (χ3v) is 6.12. The molecule has 2 amide bonds. The van der Waals surface area contributed by atoms with Crippen LogP contribution in [0.2, 0.25) is 0 Å². The first-order chi connectivity index (χ1) is 15.2. The molecule has 0 atom stereocenters. The van der Waals surface area contributed by atoms with Crippen molar-refractivity contribution in [3.8, 4) is 11.3 Å². The number of hydrogen-bond acceptors (Lipinski definition) is 6. The normalized spacial score (nSPS) is 14.8. The lowest BCUT2D eigenvalue weighted by molar-refractivity contribution is 0.194. The van der Waals surface area contributed by atoms with Gasteiger partial charge in [-0.25, -0.2) is 14.2 Å². The molecule has 0 spiro atoms. The van der Waals surface area contributed by atoms with Crippen LogP contribution >= 0.6 is 11.3 Å². The lowest BCUT2D eigenvalue weighted by Crippen LogP contribution is -2.52. The molecule has 2 aromatic heterocycles. The van der Waals surface area contributed by atoms with Gasteiger partial charge in [-0.1, -0.05) is 30.4 Å². The second-order valence-electron chi connectivity index (χ2n) is 8.98. The molecule has 172 valence electrons. The van der Waals surface area contributed by atoms with Crippen molar-refractivity contribution in [2.24, 2.45) is 0 Å². The number of halogens is 1. The SMILES string of the molecule is CCCNC(=O)N1CCN(c2nn3c(NC(C)(C)C)c(-c4cccc(F)c4)nc3s2)CC1. The van der Waals surface area contributed by atoms with Crippen molar-refractivity contribution in [3.05, 3.63) is 30.1 Å². The molecule has 0 aliphatic carbocycles. The van der Waals surface area contributed by atoms with Crippen LogP contribution in [0.1, 0.15) is 34.1 Å². The molecule has 0 unspecified atom stereocenters. The quantitative estimate of drug-likeness (QED) is 0.602. The first-order valence-electron chi connectivity index (χ1n) is 11.0. The van der Waals surface area contributed by atoms with Crippen LogP contribution in [-0.4, -0.2) is 63.8 Å². The van der Waals surface area contributed by atoms with Crippen molar-refractivity contribution < 1.29 is 9.18 Å². The van der Waals surface area contributed by atoms with Crippen molar-refractivity contribution in [2.45, 2.75) is 39.7 Å². The Bertz CT molecular complexity index is 1100. The van der Waals surface area contributed by atoms with Crippen LogP contribution in [0.15, 0.2) is 24.3 Å². The van der Waals surface area contributed by atoms with E-state index >= 15 is 0 Å². The van der Waals surface area contributed by atoms with E-state index in [0.717, 1.165) is 35.4 Å². The molecule has 1 aliphatic rings. The highest BCUT2D eigenvalue weighted by Crippen LogP contribution is 2.35. The zero-order valence-electron chi connectivity index (χ0n) is 19.0. The smallest absolute Gasteiger partial charge is 0.317 e. The number of anilines is 2. The van der Waals surface area contributed by atoms with E-state index in [1.165, 1.54) is 23.5 Å². The summed E-state index contributed by atoms with van der Waals surface area (Å²) >= 11 is 1.50. The number of urea groups is 1. The van der Waals surface area contributed by atoms with E-state index in [9.17, 15) is 9.18 Å². The number of imidazole rings is 1. The number of fused-ring (bicyclic) bond motifs is 1. The summed E-state index contributed by atoms with van der Waals surface area (Å²) in [5.74, 6) is 0.452. The van der Waals surface area contributed by atoms with Gasteiger partial charge in [0.25, 0.3) is 0 Å². The zero-order valence-corrected chi connectivity index (χ0v) is 19.8. The van der Waals surface area contributed by atoms with Crippen LogP contribution < -0.4 is 15.5 Å². The zero-order chi connectivity index (χ0) is 22.9. The molecule has 8 nitrogen and oxygen atoms in total. The van der Waals surface area contributed by atoms with Gasteiger partial charge in [0, 0.05) is 43.8 Å². The van der Waals surface area contributed by atoms with Gasteiger partial charge in [0.05, 0.1) is 0 Å². The molecule has 2 N–H and O–H groups in total. The molecule has 3 aromatic rings. The lowest BCUT2D eigenvalue weighted by Gasteiger charge is -2.34. The summed E-state index contributed by atoms with van der Waals surface area (Å²) in [5, 5.41) is 12.1. The molecule has 10 heteroatoms. The van der Waals surface area contributed by atoms with E-state index in [0.29, 0.717) is 30.9 Å². The summed E-state index contributed by atoms with van der Waals surface area (Å²) in [7, 11) is 0. The monoisotopic (exact) mass is 459 g/mol. The van der Waals surface area contributed by atoms with Gasteiger partial charge in [0.2, 0.25) is 10.1 Å². The van der Waals surface area contributed by atoms with Crippen molar-refractivity contribution >= 4 is 33.3 Å². The fraction of sp³-hybridized carbons (Fsp3) is 0.500. The summed E-state index contributed by atoms with van der Waals surface area (Å²) in [6.07, 6.45) is 0.924. The summed E-state index contributed by atoms with van der Waals surface area (Å²) in [6.45, 7) is 11.7. The molecule has 0 bridgehead atoms. The predicted molar refractivity (Wildman–Crippen MR) is 127 cm³/mol. The highest BCUT2D eigenvalue weighted by Gasteiger charge is 2.26. The summed E-state index contributed by atoms with van der Waals surface area (Å²) in [6, 6.07) is 6.46. The number of piperazine rings is 1. The molecular formula is C22H30FN7OS. The summed E-state index contributed by atoms with van der Waals surface area (Å²) < 4.78 is 15.7. The Kier molecular flexibility index (Phi) is 6.23. The number of nitrogens with zero attached hydrogens (tertiary/aromatic N) is 5. The Balaban J connectivity index is 1.59. The van der Waals surface area contributed by atoms with Crippen LogP contribution in [0.4, 0.5) is 20.1 Å². The lowest BCUT2D eigenvalue weighted by atomic mass is 10.1. The Morgan fingerprint density at radius 2 is 1.97 bits per heavy atom. The topological polar surface area (TPSA) is 77.8 Å². The third kappa shape index (κ3) is 4.79. The standard InChI is InChI=1S/C22H30FN7OS/c1-5-9-24-19(31)28-10-12-29(13-11-28)21-27-30-18(26-22(2,3)4)17(25-20(30)32-21)15-7-6-8-16(23)14-15/h6-8,14,26H,5,9-13H2,1-4H3,(H,24,31). The van der Waals surface area contributed by atoms with Crippen LogP contribution in [0, 0.1) is 5.82 Å². The number of carbonyl (C=O) groups excluding carboxylic acids is 1. The number of aromatic nitrogens is 3. The van der Waals surface area contributed by atoms with E-state index in [2.05, 4.69) is 36.3 Å². The molecule has 4 rings (SSSR count). The largest absolute Gasteiger partial charge is 0.364 e. The first kappa shape index (κ1) is 22.3. The van der Waals surface area contributed by atoms with Crippen LogP contribution in [-0.2, 0) is 0 Å². The molecule has 1 fully saturated rings. The van der Waals surface area contributed by atoms with Gasteiger partial charge < -0.3 is 20.4 Å². The average Bonchev–Trinajstić information content (AvgIpc) is 3.30. The minimum absolute atomic E-state index is 0.00293. The minimum Gasteiger partial charge on any atom is -0.364 e. The van der Waals surface area contributed by atoms with Gasteiger partial charge in [0.1, 0.15) is 11.5 Å². The number of benzene rings is 1. The number of rotatable bonds is 5. The Morgan fingerprint density at radius 3 is 2.62 bits per heavy atom. The van der Waals surface area contributed by atoms with E-state index in [-0.39, 0.29) is 17.4 Å². The molecule has 3 heterocycles. The fourth-order valence-electron chi connectivity index (χ4n) is 3.62. The molecular weight excluding hydrogens is 429 g/mol. The van der Waals surface area contributed by atoms with Crippen molar-refractivity contribution in [1.29, 1.82) is 0 Å². The van der Waals surface area contributed by atoms with Crippen LogP contribution in [0.25, 0.3) is 16.2 Å². The first-order valence-corrected chi connectivity index (χ1v) is 11.8. The Labute approximate surface area is 191 Å². The van der Waals surface area contributed by atoms with Crippen LogP contribution in [0.3, 0.4) is 0 Å². The van der Waals surface area contributed by atoms with Gasteiger partial charge in [-0.15, -0.1) is 5.10 Å². The van der Waals surface area contributed by atoms with Crippen molar-refractivity contribution in [1.82, 2.24) is 24.8 Å². The Morgan fingerprint density at radius 1 is 1.22 bits per heavy atom. The molecule has 0 saturated carbocycles. The highest BCUT2D eigenvalue weighted by atomic mass is 32.1. The second kappa shape index (κ2) is 8.93. The van der Waals surface area contributed by atoms with Gasteiger partial charge in [-0.05, 0) is 39.3 Å². The van der Waals surface area contributed by atoms with Gasteiger partial charge in [-0.3, -0.25) is 0 Å². The summed E-state index contributed by atoms with van der Waals surface area (Å²) in [4.78, 5) is 21.8. The maximum Gasteiger partial charge on any atom is 0.317 e. The molecule has 32 heavy (non-hydrogen) atoms. The van der Waals surface area contributed by atoms with Crippen molar-refractivity contribution in [2.75, 3.05) is 42.9 Å². The molecule has 1 saturated heterocycles. The fourth-order valence-corrected chi connectivity index (χ4v) is 4.57. The summed E-state index contributed by atoms with van der Waals surface area (Å²) in [5.41, 5.74) is 1.17. The average molecular weight is 460 g/mol. The van der Waals surface area contributed by atoms with Crippen LogP contribution in [0.5, 0.6) is 0 Å². The van der Waals surface area contributed by atoms with E-state index in [4.69, 9.17) is 10.1 Å². The van der Waals surface area contributed by atoms with Gasteiger partial charge in [-0.2, -0.15) is 4.52 Å². The maximum atomic E-state index is 13.9. The number of carbonyl (C=O) groups is 1. The number of hydrogen-bond donors (Lipinski definition) is 2. The Hall–Kier alpha value is -2.88. The predicted octanol–water partition coefficient (Wildman–Crippen LogP) is 4.05. The number of amides is 2. The van der Waals surface area contributed by atoms with Crippen molar-refractivity contribution in [3.63, 3.8) is 0 Å². The highest BCUT2D eigenvalue weighted by molar-refractivity contribution is 7.20. The molecule has 0 radical (unpaired) electrons. The third-order valence-electron chi connectivity index (χ3n) is 5.15.